The second-order valence-electron chi connectivity index (χ2n) is 8.24. The summed E-state index contributed by atoms with van der Waals surface area (Å²) in [6.45, 7) is 1.50. The highest BCUT2D eigenvalue weighted by Crippen LogP contribution is 2.27. The molecule has 0 fully saturated rings. The van der Waals surface area contributed by atoms with Gasteiger partial charge in [0.25, 0.3) is 0 Å². The van der Waals surface area contributed by atoms with Gasteiger partial charge in [-0.05, 0) is 80.6 Å². The van der Waals surface area contributed by atoms with Crippen molar-refractivity contribution in [2.45, 2.75) is 45.4 Å². The van der Waals surface area contributed by atoms with Gasteiger partial charge in [0.1, 0.15) is 5.82 Å². The third-order valence-electron chi connectivity index (χ3n) is 5.75. The number of hydrogen-bond acceptors (Lipinski definition) is 5. The maximum atomic E-state index is 13.3. The van der Waals surface area contributed by atoms with Gasteiger partial charge in [0.2, 0.25) is 5.91 Å². The lowest BCUT2D eigenvalue weighted by Gasteiger charge is -2.14. The molecule has 0 saturated carbocycles. The van der Waals surface area contributed by atoms with E-state index in [1.807, 2.05) is 6.92 Å². The number of amides is 1. The molecule has 0 aliphatic heterocycles. The van der Waals surface area contributed by atoms with E-state index in [9.17, 15) is 18.8 Å². The Morgan fingerprint density at radius 3 is 2.44 bits per heavy atom. The van der Waals surface area contributed by atoms with E-state index in [0.29, 0.717) is 29.8 Å². The summed E-state index contributed by atoms with van der Waals surface area (Å²) < 4.78 is 20.3. The second kappa shape index (κ2) is 10.4. The first kappa shape index (κ1) is 23.4. The van der Waals surface area contributed by atoms with Gasteiger partial charge in [-0.15, -0.1) is 0 Å². The Morgan fingerprint density at radius 2 is 1.74 bits per heavy atom. The number of benzene rings is 2. The number of hydrogen-bond donors (Lipinski definition) is 1. The Hall–Kier alpha value is -3.81. The zero-order valence-electron chi connectivity index (χ0n) is 19.0. The summed E-state index contributed by atoms with van der Waals surface area (Å²) in [6, 6.07) is 12.4. The maximum absolute atomic E-state index is 13.3. The van der Waals surface area contributed by atoms with Gasteiger partial charge in [-0.2, -0.15) is 5.10 Å². The summed E-state index contributed by atoms with van der Waals surface area (Å²) >= 11 is 0. The number of nitrogens with one attached hydrogen (secondary N) is 1. The molecular weight excluding hydrogens is 437 g/mol. The summed E-state index contributed by atoms with van der Waals surface area (Å²) in [7, 11) is 0. The molecule has 34 heavy (non-hydrogen) atoms. The molecule has 0 saturated heterocycles. The van der Waals surface area contributed by atoms with E-state index in [2.05, 4.69) is 10.4 Å². The van der Waals surface area contributed by atoms with Crippen molar-refractivity contribution in [3.8, 4) is 5.69 Å². The zero-order chi connectivity index (χ0) is 24.1. The van der Waals surface area contributed by atoms with Crippen LogP contribution in [0.15, 0.2) is 48.5 Å². The van der Waals surface area contributed by atoms with Crippen LogP contribution in [0.2, 0.25) is 0 Å². The third kappa shape index (κ3) is 5.22. The lowest BCUT2D eigenvalue weighted by Crippen LogP contribution is -2.16. The van der Waals surface area contributed by atoms with Crippen molar-refractivity contribution in [3.63, 3.8) is 0 Å². The van der Waals surface area contributed by atoms with Gasteiger partial charge < -0.3 is 10.1 Å². The number of esters is 1. The van der Waals surface area contributed by atoms with Crippen molar-refractivity contribution in [2.75, 3.05) is 11.9 Å². The quantitative estimate of drug-likeness (QED) is 0.387. The predicted molar refractivity (Wildman–Crippen MR) is 125 cm³/mol. The molecule has 1 heterocycles. The number of fused-ring (bicyclic) bond motifs is 1. The Morgan fingerprint density at radius 1 is 1.03 bits per heavy atom. The number of ketones is 1. The van der Waals surface area contributed by atoms with Crippen LogP contribution >= 0.6 is 0 Å². The molecule has 1 N–H and O–H groups in total. The Bertz CT molecular complexity index is 1200. The highest BCUT2D eigenvalue weighted by Gasteiger charge is 2.27. The van der Waals surface area contributed by atoms with Crippen LogP contribution in [0.1, 0.15) is 64.7 Å². The smallest absolute Gasteiger partial charge is 0.359 e. The van der Waals surface area contributed by atoms with Gasteiger partial charge in [-0.3, -0.25) is 9.59 Å². The van der Waals surface area contributed by atoms with Crippen LogP contribution in [0.4, 0.5) is 10.1 Å². The molecule has 1 aliphatic rings. The SMILES string of the molecule is CCCC(=O)Nc1ccc(C(=O)COC(=O)c2nn(-c3ccc(F)cc3)c3c2CCCC3)cc1. The van der Waals surface area contributed by atoms with E-state index in [1.54, 1.807) is 41.1 Å². The summed E-state index contributed by atoms with van der Waals surface area (Å²) in [5.41, 5.74) is 3.57. The third-order valence-corrected chi connectivity index (χ3v) is 5.75. The highest BCUT2D eigenvalue weighted by atomic mass is 19.1. The lowest BCUT2D eigenvalue weighted by atomic mass is 9.95. The molecule has 7 nitrogen and oxygen atoms in total. The molecule has 1 aliphatic carbocycles. The van der Waals surface area contributed by atoms with Crippen molar-refractivity contribution in [3.05, 3.63) is 76.9 Å². The molecular formula is C26H26FN3O4. The van der Waals surface area contributed by atoms with Crippen LogP contribution in [0.5, 0.6) is 0 Å². The Kier molecular flexibility index (Phi) is 7.15. The number of Topliss-reactive ketones (excluding diaryl/α,β-unsaturated/α-hetero) is 1. The molecule has 0 atom stereocenters. The largest absolute Gasteiger partial charge is 0.453 e. The van der Waals surface area contributed by atoms with E-state index in [-0.39, 0.29) is 23.2 Å². The predicted octanol–water partition coefficient (Wildman–Crippen LogP) is 4.67. The number of aromatic nitrogens is 2. The van der Waals surface area contributed by atoms with Crippen LogP contribution in [0, 0.1) is 5.82 Å². The summed E-state index contributed by atoms with van der Waals surface area (Å²) in [4.78, 5) is 37.1. The van der Waals surface area contributed by atoms with Crippen LogP contribution in [-0.4, -0.2) is 34.0 Å². The molecule has 0 bridgehead atoms. The highest BCUT2D eigenvalue weighted by molar-refractivity contribution is 6.00. The normalized spacial score (nSPS) is 12.6. The van der Waals surface area contributed by atoms with E-state index >= 15 is 0 Å². The van der Waals surface area contributed by atoms with Gasteiger partial charge in [-0.1, -0.05) is 6.92 Å². The Labute approximate surface area is 196 Å². The first-order valence-corrected chi connectivity index (χ1v) is 11.4. The molecule has 1 aromatic heterocycles. The average molecular weight is 464 g/mol. The number of anilines is 1. The molecule has 1 amide bonds. The van der Waals surface area contributed by atoms with Crippen LogP contribution in [0.25, 0.3) is 5.69 Å². The molecule has 2 aromatic carbocycles. The number of carbonyl (C=O) groups excluding carboxylic acids is 3. The van der Waals surface area contributed by atoms with E-state index in [0.717, 1.165) is 36.9 Å². The molecule has 3 aromatic rings. The van der Waals surface area contributed by atoms with E-state index in [1.165, 1.54) is 12.1 Å². The zero-order valence-corrected chi connectivity index (χ0v) is 19.0. The van der Waals surface area contributed by atoms with E-state index < -0.39 is 12.6 Å². The lowest BCUT2D eigenvalue weighted by molar-refractivity contribution is -0.116. The molecule has 0 spiro atoms. The Balaban J connectivity index is 1.44. The fourth-order valence-corrected chi connectivity index (χ4v) is 4.03. The van der Waals surface area contributed by atoms with Crippen molar-refractivity contribution in [1.29, 1.82) is 0 Å². The maximum Gasteiger partial charge on any atom is 0.359 e. The standard InChI is InChI=1S/C26H26FN3O4/c1-2-5-24(32)28-19-12-8-17(9-13-19)23(31)16-34-26(33)25-21-6-3-4-7-22(21)30(29-25)20-14-10-18(27)11-15-20/h8-15H,2-7,16H2,1H3,(H,28,32). The number of rotatable bonds is 8. The van der Waals surface area contributed by atoms with Crippen molar-refractivity contribution in [2.24, 2.45) is 0 Å². The van der Waals surface area contributed by atoms with Gasteiger partial charge >= 0.3 is 5.97 Å². The van der Waals surface area contributed by atoms with Crippen molar-refractivity contribution in [1.82, 2.24) is 9.78 Å². The van der Waals surface area contributed by atoms with Crippen LogP contribution in [-0.2, 0) is 22.4 Å². The molecule has 4 rings (SSSR count). The number of halogens is 1. The summed E-state index contributed by atoms with van der Waals surface area (Å²) in [6.07, 6.45) is 4.54. The summed E-state index contributed by atoms with van der Waals surface area (Å²) in [5, 5.41) is 7.23. The average Bonchev–Trinajstić information content (AvgIpc) is 3.23. The monoisotopic (exact) mass is 463 g/mol. The topological polar surface area (TPSA) is 90.3 Å². The second-order valence-corrected chi connectivity index (χ2v) is 8.24. The number of ether oxygens (including phenoxy) is 1. The first-order chi connectivity index (χ1) is 16.5. The summed E-state index contributed by atoms with van der Waals surface area (Å²) in [5.74, 6) is -1.44. The van der Waals surface area contributed by atoms with Gasteiger partial charge in [0.15, 0.2) is 18.1 Å². The van der Waals surface area contributed by atoms with Gasteiger partial charge in [0.05, 0.1) is 5.69 Å². The minimum Gasteiger partial charge on any atom is -0.453 e. The first-order valence-electron chi connectivity index (χ1n) is 11.4. The number of carbonyl (C=O) groups is 3. The van der Waals surface area contributed by atoms with Crippen LogP contribution < -0.4 is 5.32 Å². The molecule has 176 valence electrons. The minimum absolute atomic E-state index is 0.0843. The van der Waals surface area contributed by atoms with E-state index in [4.69, 9.17) is 4.74 Å². The fourth-order valence-electron chi connectivity index (χ4n) is 4.03. The van der Waals surface area contributed by atoms with Crippen molar-refractivity contribution >= 4 is 23.3 Å². The van der Waals surface area contributed by atoms with Crippen molar-refractivity contribution < 1.29 is 23.5 Å². The molecule has 8 heteroatoms. The minimum atomic E-state index is -0.657. The molecule has 0 unspecified atom stereocenters. The van der Waals surface area contributed by atoms with Crippen LogP contribution in [0.3, 0.4) is 0 Å². The molecule has 0 radical (unpaired) electrons. The van der Waals surface area contributed by atoms with Gasteiger partial charge in [0, 0.05) is 28.9 Å². The van der Waals surface area contributed by atoms with Gasteiger partial charge in [-0.25, -0.2) is 13.9 Å². The number of nitrogens with zero attached hydrogens (tertiary/aromatic N) is 2. The fraction of sp³-hybridized carbons (Fsp3) is 0.308.